The molecular formula is C14H23ClN2O2S. The normalized spacial score (nSPS) is 20.8. The van der Waals surface area contributed by atoms with Gasteiger partial charge in [0.05, 0.1) is 5.88 Å². The van der Waals surface area contributed by atoms with E-state index < -0.39 is 10.0 Å². The van der Waals surface area contributed by atoms with Gasteiger partial charge in [-0.2, -0.15) is 4.31 Å². The first-order chi connectivity index (χ1) is 9.26. The van der Waals surface area contributed by atoms with Gasteiger partial charge in [-0.25, -0.2) is 8.42 Å². The first kappa shape index (κ1) is 15.9. The highest BCUT2D eigenvalue weighted by atomic mass is 35.5. The van der Waals surface area contributed by atoms with E-state index in [4.69, 9.17) is 11.6 Å². The average molecular weight is 319 g/mol. The van der Waals surface area contributed by atoms with Gasteiger partial charge in [-0.1, -0.05) is 13.8 Å². The van der Waals surface area contributed by atoms with Gasteiger partial charge in [-0.15, -0.1) is 11.6 Å². The van der Waals surface area contributed by atoms with Crippen LogP contribution in [-0.4, -0.2) is 30.4 Å². The summed E-state index contributed by atoms with van der Waals surface area (Å²) in [6.45, 7) is 5.62. The Hall–Kier alpha value is -0.520. The highest BCUT2D eigenvalue weighted by Gasteiger charge is 2.31. The standard InChI is InChI=1S/C14H23ClN2O2S/c1-14(2)5-4-7-17(8-6-14)20(18,19)13-9-12(10-15)16(3)11-13/h9,11H,4-8,10H2,1-3H3. The molecule has 1 saturated heterocycles. The molecule has 2 rings (SSSR count). The third-order valence-corrected chi connectivity index (χ3v) is 6.29. The highest BCUT2D eigenvalue weighted by Crippen LogP contribution is 2.32. The second-order valence-electron chi connectivity index (χ2n) is 6.33. The molecule has 114 valence electrons. The first-order valence-corrected chi connectivity index (χ1v) is 8.95. The van der Waals surface area contributed by atoms with Crippen LogP contribution in [0.15, 0.2) is 17.2 Å². The largest absolute Gasteiger partial charge is 0.352 e. The lowest BCUT2D eigenvalue weighted by atomic mass is 9.85. The fraction of sp³-hybridized carbons (Fsp3) is 0.714. The molecule has 0 aliphatic carbocycles. The van der Waals surface area contributed by atoms with E-state index in [9.17, 15) is 8.42 Å². The van der Waals surface area contributed by atoms with Crippen LogP contribution in [0.2, 0.25) is 0 Å². The molecule has 0 bridgehead atoms. The van der Waals surface area contributed by atoms with Gasteiger partial charge in [-0.3, -0.25) is 0 Å². The van der Waals surface area contributed by atoms with Crippen molar-refractivity contribution in [3.63, 3.8) is 0 Å². The molecule has 0 atom stereocenters. The topological polar surface area (TPSA) is 42.3 Å². The van der Waals surface area contributed by atoms with Crippen molar-refractivity contribution >= 4 is 21.6 Å². The molecule has 0 radical (unpaired) electrons. The summed E-state index contributed by atoms with van der Waals surface area (Å²) in [6.07, 6.45) is 4.55. The SMILES string of the molecule is Cn1cc(S(=O)(=O)N2CCCC(C)(C)CC2)cc1CCl. The molecule has 1 aliphatic rings. The van der Waals surface area contributed by atoms with Crippen LogP contribution in [0.5, 0.6) is 0 Å². The maximum absolute atomic E-state index is 12.7. The first-order valence-electron chi connectivity index (χ1n) is 6.98. The number of nitrogens with zero attached hydrogens (tertiary/aromatic N) is 2. The zero-order chi connectivity index (χ0) is 15.0. The fourth-order valence-electron chi connectivity index (χ4n) is 2.64. The molecule has 0 amide bonds. The number of rotatable bonds is 3. The van der Waals surface area contributed by atoms with E-state index in [2.05, 4.69) is 13.8 Å². The number of aryl methyl sites for hydroxylation is 1. The predicted octanol–water partition coefficient (Wildman–Crippen LogP) is 2.96. The maximum Gasteiger partial charge on any atom is 0.244 e. The Morgan fingerprint density at radius 3 is 2.60 bits per heavy atom. The molecule has 1 aliphatic heterocycles. The van der Waals surface area contributed by atoms with Crippen molar-refractivity contribution in [3.05, 3.63) is 18.0 Å². The molecule has 1 aromatic heterocycles. The fourth-order valence-corrected chi connectivity index (χ4v) is 4.48. The lowest BCUT2D eigenvalue weighted by molar-refractivity contribution is 0.315. The summed E-state index contributed by atoms with van der Waals surface area (Å²) in [6, 6.07) is 1.68. The van der Waals surface area contributed by atoms with Crippen molar-refractivity contribution in [1.29, 1.82) is 0 Å². The van der Waals surface area contributed by atoms with Crippen molar-refractivity contribution in [1.82, 2.24) is 8.87 Å². The van der Waals surface area contributed by atoms with Gasteiger partial charge < -0.3 is 4.57 Å². The summed E-state index contributed by atoms with van der Waals surface area (Å²) in [5.41, 5.74) is 1.04. The van der Waals surface area contributed by atoms with E-state index in [-0.39, 0.29) is 5.41 Å². The monoisotopic (exact) mass is 318 g/mol. The van der Waals surface area contributed by atoms with E-state index in [0.717, 1.165) is 25.0 Å². The van der Waals surface area contributed by atoms with Crippen LogP contribution in [0.3, 0.4) is 0 Å². The van der Waals surface area contributed by atoms with Gasteiger partial charge in [0, 0.05) is 32.0 Å². The van der Waals surface area contributed by atoms with Crippen molar-refractivity contribution in [2.45, 2.75) is 43.9 Å². The predicted molar refractivity (Wildman–Crippen MR) is 81.4 cm³/mol. The highest BCUT2D eigenvalue weighted by molar-refractivity contribution is 7.89. The number of hydrogen-bond donors (Lipinski definition) is 0. The van der Waals surface area contributed by atoms with Gasteiger partial charge in [0.2, 0.25) is 10.0 Å². The van der Waals surface area contributed by atoms with Gasteiger partial charge in [0.25, 0.3) is 0 Å². The molecule has 0 unspecified atom stereocenters. The lowest BCUT2D eigenvalue weighted by Gasteiger charge is -2.22. The molecule has 20 heavy (non-hydrogen) atoms. The number of alkyl halides is 1. The molecule has 1 aromatic rings. The molecule has 0 spiro atoms. The summed E-state index contributed by atoms with van der Waals surface area (Å²) in [5.74, 6) is 0.319. The Bertz CT molecular complexity index is 578. The maximum atomic E-state index is 12.7. The Balaban J connectivity index is 2.25. The van der Waals surface area contributed by atoms with Crippen molar-refractivity contribution in [2.75, 3.05) is 13.1 Å². The Kier molecular flexibility index (Phi) is 4.52. The van der Waals surface area contributed by atoms with Crippen LogP contribution in [0.25, 0.3) is 0 Å². The Morgan fingerprint density at radius 2 is 2.00 bits per heavy atom. The molecule has 0 saturated carbocycles. The quantitative estimate of drug-likeness (QED) is 0.804. The van der Waals surface area contributed by atoms with E-state index in [1.54, 1.807) is 21.1 Å². The van der Waals surface area contributed by atoms with Crippen LogP contribution < -0.4 is 0 Å². The van der Waals surface area contributed by atoms with E-state index >= 15 is 0 Å². The van der Waals surface area contributed by atoms with E-state index in [1.165, 1.54) is 0 Å². The minimum Gasteiger partial charge on any atom is -0.352 e. The van der Waals surface area contributed by atoms with Gasteiger partial charge in [0.1, 0.15) is 4.90 Å². The average Bonchev–Trinajstić information content (AvgIpc) is 2.64. The minimum absolute atomic E-state index is 0.224. The zero-order valence-electron chi connectivity index (χ0n) is 12.4. The summed E-state index contributed by atoms with van der Waals surface area (Å²) in [5, 5.41) is 0. The van der Waals surface area contributed by atoms with Crippen LogP contribution in [-0.2, 0) is 23.0 Å². The van der Waals surface area contributed by atoms with Gasteiger partial charge in [0.15, 0.2) is 0 Å². The number of sulfonamides is 1. The summed E-state index contributed by atoms with van der Waals surface area (Å²) in [7, 11) is -1.57. The number of hydrogen-bond acceptors (Lipinski definition) is 2. The van der Waals surface area contributed by atoms with Gasteiger partial charge >= 0.3 is 0 Å². The third kappa shape index (κ3) is 3.21. The second-order valence-corrected chi connectivity index (χ2v) is 8.54. The summed E-state index contributed by atoms with van der Waals surface area (Å²) in [4.78, 5) is 0.357. The minimum atomic E-state index is -3.39. The van der Waals surface area contributed by atoms with Gasteiger partial charge in [-0.05, 0) is 30.7 Å². The Labute approximate surface area is 126 Å². The van der Waals surface area contributed by atoms with Crippen LogP contribution >= 0.6 is 11.6 Å². The second kappa shape index (κ2) is 5.70. The van der Waals surface area contributed by atoms with Crippen LogP contribution in [0.1, 0.15) is 38.8 Å². The Morgan fingerprint density at radius 1 is 1.30 bits per heavy atom. The number of aromatic nitrogens is 1. The van der Waals surface area contributed by atoms with Crippen molar-refractivity contribution in [2.24, 2.45) is 12.5 Å². The number of halogens is 1. The molecule has 1 fully saturated rings. The van der Waals surface area contributed by atoms with E-state index in [0.29, 0.717) is 23.9 Å². The third-order valence-electron chi connectivity index (χ3n) is 4.16. The molecule has 4 nitrogen and oxygen atoms in total. The molecule has 0 aromatic carbocycles. The summed E-state index contributed by atoms with van der Waals surface area (Å²) >= 11 is 5.82. The van der Waals surface area contributed by atoms with E-state index in [1.807, 2.05) is 7.05 Å². The smallest absolute Gasteiger partial charge is 0.244 e. The van der Waals surface area contributed by atoms with Crippen LogP contribution in [0.4, 0.5) is 0 Å². The molecule has 0 N–H and O–H groups in total. The molecule has 6 heteroatoms. The zero-order valence-corrected chi connectivity index (χ0v) is 14.0. The van der Waals surface area contributed by atoms with Crippen molar-refractivity contribution in [3.8, 4) is 0 Å². The summed E-state index contributed by atoms with van der Waals surface area (Å²) < 4.78 is 28.8. The lowest BCUT2D eigenvalue weighted by Crippen LogP contribution is -2.32. The molecule has 2 heterocycles. The van der Waals surface area contributed by atoms with Crippen molar-refractivity contribution < 1.29 is 8.42 Å². The van der Waals surface area contributed by atoms with Crippen LogP contribution in [0, 0.1) is 5.41 Å². The molecular weight excluding hydrogens is 296 g/mol.